The number of carbonyl (C=O) groups is 1. The first-order valence-corrected chi connectivity index (χ1v) is 11.3. The van der Waals surface area contributed by atoms with Gasteiger partial charge in [-0.25, -0.2) is 17.5 Å². The maximum absolute atomic E-state index is 13.2. The van der Waals surface area contributed by atoms with Crippen molar-refractivity contribution in [2.75, 3.05) is 24.4 Å². The van der Waals surface area contributed by atoms with E-state index in [9.17, 15) is 17.6 Å². The molecule has 3 N–H and O–H groups in total. The highest BCUT2D eigenvalue weighted by atomic mass is 32.2. The summed E-state index contributed by atoms with van der Waals surface area (Å²) in [7, 11) is -2.52. The Hall–Kier alpha value is -3.05. The van der Waals surface area contributed by atoms with E-state index in [0.717, 1.165) is 40.7 Å². The number of nitrogens with zero attached hydrogens (tertiary/aromatic N) is 2. The van der Waals surface area contributed by atoms with E-state index in [1.165, 1.54) is 7.11 Å². The zero-order chi connectivity index (χ0) is 21.9. The lowest BCUT2D eigenvalue weighted by atomic mass is 10.3. The van der Waals surface area contributed by atoms with E-state index in [1.54, 1.807) is 30.5 Å². The molecule has 0 radical (unpaired) electrons. The summed E-state index contributed by atoms with van der Waals surface area (Å²) in [6.45, 7) is -0.287. The molecule has 1 aromatic heterocycles. The third-order valence-corrected chi connectivity index (χ3v) is 6.80. The predicted molar refractivity (Wildman–Crippen MR) is 112 cm³/mol. The zero-order valence-corrected chi connectivity index (χ0v) is 17.8. The minimum absolute atomic E-state index is 0.117. The van der Waals surface area contributed by atoms with E-state index >= 15 is 0 Å². The number of halogens is 1. The lowest BCUT2D eigenvalue weighted by Gasteiger charge is -2.08. The van der Waals surface area contributed by atoms with Crippen molar-refractivity contribution in [1.82, 2.24) is 9.78 Å². The molecule has 158 valence electrons. The van der Waals surface area contributed by atoms with Crippen molar-refractivity contribution < 1.29 is 22.3 Å². The molecule has 1 heterocycles. The van der Waals surface area contributed by atoms with Crippen LogP contribution in [0.1, 0.15) is 0 Å². The third-order valence-electron chi connectivity index (χ3n) is 4.17. The molecule has 0 aliphatic carbocycles. The molecule has 8 nitrogen and oxygen atoms in total. The second-order valence-corrected chi connectivity index (χ2v) is 8.80. The number of thioether (sulfide) groups is 1. The number of methoxy groups -OCH3 is 1. The lowest BCUT2D eigenvalue weighted by Crippen LogP contribution is -2.21. The van der Waals surface area contributed by atoms with Crippen LogP contribution in [0, 0.1) is 5.82 Å². The van der Waals surface area contributed by atoms with Gasteiger partial charge >= 0.3 is 0 Å². The average Bonchev–Trinajstić information content (AvgIpc) is 3.04. The van der Waals surface area contributed by atoms with Gasteiger partial charge in [0.2, 0.25) is 15.7 Å². The van der Waals surface area contributed by atoms with Gasteiger partial charge in [-0.2, -0.15) is 5.10 Å². The molecule has 0 saturated carbocycles. The molecule has 0 atom stereocenters. The minimum atomic E-state index is -4.05. The Labute approximate surface area is 177 Å². The molecule has 30 heavy (non-hydrogen) atoms. The van der Waals surface area contributed by atoms with E-state index in [2.05, 4.69) is 10.4 Å². The van der Waals surface area contributed by atoms with Gasteiger partial charge in [0.1, 0.15) is 33.9 Å². The molecule has 3 rings (SSSR count). The highest BCUT2D eigenvalue weighted by molar-refractivity contribution is 7.99. The summed E-state index contributed by atoms with van der Waals surface area (Å²) in [5.74, 6) is -0.524. The summed E-state index contributed by atoms with van der Waals surface area (Å²) in [6, 6.07) is 11.1. The van der Waals surface area contributed by atoms with Crippen LogP contribution in [0.3, 0.4) is 0 Å². The summed E-state index contributed by atoms with van der Waals surface area (Å²) in [5, 5.41) is 7.00. The highest BCUT2D eigenvalue weighted by Crippen LogP contribution is 2.34. The smallest absolute Gasteiger partial charge is 0.246 e. The SMILES string of the molecule is COc1ccc(NC(=O)Cn2nc(SC)c(S(=O)(=O)c3ccc(F)cc3)c2N)cc1. The van der Waals surface area contributed by atoms with Crippen LogP contribution in [-0.2, 0) is 21.2 Å². The Morgan fingerprint density at radius 1 is 1.20 bits per heavy atom. The Morgan fingerprint density at radius 2 is 1.83 bits per heavy atom. The lowest BCUT2D eigenvalue weighted by molar-refractivity contribution is -0.116. The van der Waals surface area contributed by atoms with Crippen molar-refractivity contribution in [1.29, 1.82) is 0 Å². The fourth-order valence-electron chi connectivity index (χ4n) is 2.68. The van der Waals surface area contributed by atoms with Gasteiger partial charge in [-0.05, 0) is 54.8 Å². The van der Waals surface area contributed by atoms with E-state index < -0.39 is 21.6 Å². The van der Waals surface area contributed by atoms with E-state index in [1.807, 2.05) is 0 Å². The molecule has 2 aromatic carbocycles. The molecule has 0 aliphatic rings. The van der Waals surface area contributed by atoms with Crippen LogP contribution < -0.4 is 15.8 Å². The quantitative estimate of drug-likeness (QED) is 0.420. The normalized spacial score (nSPS) is 11.3. The van der Waals surface area contributed by atoms with Crippen molar-refractivity contribution in [3.05, 3.63) is 54.3 Å². The highest BCUT2D eigenvalue weighted by Gasteiger charge is 2.29. The van der Waals surface area contributed by atoms with Gasteiger partial charge in [0.05, 0.1) is 12.0 Å². The van der Waals surface area contributed by atoms with Gasteiger partial charge in [0.15, 0.2) is 0 Å². The van der Waals surface area contributed by atoms with Gasteiger partial charge < -0.3 is 15.8 Å². The summed E-state index contributed by atoms with van der Waals surface area (Å²) < 4.78 is 45.4. The van der Waals surface area contributed by atoms with Crippen LogP contribution >= 0.6 is 11.8 Å². The molecular weight excluding hydrogens is 431 g/mol. The summed E-state index contributed by atoms with van der Waals surface area (Å²) in [6.07, 6.45) is 1.65. The van der Waals surface area contributed by atoms with E-state index in [-0.39, 0.29) is 27.2 Å². The summed E-state index contributed by atoms with van der Waals surface area (Å²) in [4.78, 5) is 12.1. The number of carbonyl (C=O) groups excluding carboxylic acids is 1. The van der Waals surface area contributed by atoms with Gasteiger partial charge in [0.25, 0.3) is 0 Å². The minimum Gasteiger partial charge on any atom is -0.497 e. The number of ether oxygens (including phenoxy) is 1. The molecule has 0 fully saturated rings. The van der Waals surface area contributed by atoms with Gasteiger partial charge in [-0.15, -0.1) is 11.8 Å². The number of benzene rings is 2. The Morgan fingerprint density at radius 3 is 2.40 bits per heavy atom. The monoisotopic (exact) mass is 450 g/mol. The van der Waals surface area contributed by atoms with Crippen molar-refractivity contribution >= 4 is 39.0 Å². The molecule has 3 aromatic rings. The van der Waals surface area contributed by atoms with Crippen LogP contribution in [0.2, 0.25) is 0 Å². The predicted octanol–water partition coefficient (Wildman–Crippen LogP) is 2.81. The number of aromatic nitrogens is 2. The molecule has 11 heteroatoms. The number of rotatable bonds is 7. The molecule has 0 saturated heterocycles. The van der Waals surface area contributed by atoms with E-state index in [4.69, 9.17) is 10.5 Å². The first kappa shape index (κ1) is 21.7. The summed E-state index contributed by atoms with van der Waals surface area (Å²) >= 11 is 1.08. The molecule has 0 unspecified atom stereocenters. The van der Waals surface area contributed by atoms with Gasteiger partial charge in [-0.1, -0.05) is 0 Å². The molecule has 0 spiro atoms. The second kappa shape index (κ2) is 8.76. The molecule has 0 bridgehead atoms. The van der Waals surface area contributed by atoms with Crippen molar-refractivity contribution in [2.24, 2.45) is 0 Å². The number of sulfone groups is 1. The first-order chi connectivity index (χ1) is 14.3. The van der Waals surface area contributed by atoms with Crippen LogP contribution in [0.25, 0.3) is 0 Å². The van der Waals surface area contributed by atoms with Gasteiger partial charge in [-0.3, -0.25) is 4.79 Å². The number of anilines is 2. The Bertz CT molecular complexity index is 1160. The molecular formula is C19H19FN4O4S2. The fraction of sp³-hybridized carbons (Fsp3) is 0.158. The number of hydrogen-bond acceptors (Lipinski definition) is 7. The van der Waals surface area contributed by atoms with Crippen LogP contribution in [0.4, 0.5) is 15.9 Å². The number of nitrogen functional groups attached to an aromatic ring is 1. The van der Waals surface area contributed by atoms with Crippen molar-refractivity contribution in [3.63, 3.8) is 0 Å². The first-order valence-electron chi connectivity index (χ1n) is 8.61. The number of nitrogens with two attached hydrogens (primary N) is 1. The topological polar surface area (TPSA) is 116 Å². The number of amides is 1. The maximum Gasteiger partial charge on any atom is 0.246 e. The molecule has 0 aliphatic heterocycles. The number of hydrogen-bond donors (Lipinski definition) is 2. The van der Waals surface area contributed by atoms with Crippen molar-refractivity contribution in [3.8, 4) is 5.75 Å². The molecule has 1 amide bonds. The largest absolute Gasteiger partial charge is 0.497 e. The standard InChI is InChI=1S/C19H19FN4O4S2/c1-28-14-7-5-13(6-8-14)22-16(25)11-24-18(21)17(19(23-24)29-2)30(26,27)15-9-3-12(20)4-10-15/h3-10H,11,21H2,1-2H3,(H,22,25). The van der Waals surface area contributed by atoms with Crippen molar-refractivity contribution in [2.45, 2.75) is 21.4 Å². The van der Waals surface area contributed by atoms with Gasteiger partial charge in [0, 0.05) is 5.69 Å². The fourth-order valence-corrected chi connectivity index (χ4v) is 5.12. The Kier molecular flexibility index (Phi) is 6.32. The average molecular weight is 451 g/mol. The number of nitrogens with one attached hydrogen (secondary N) is 1. The summed E-state index contributed by atoms with van der Waals surface area (Å²) in [5.41, 5.74) is 6.59. The maximum atomic E-state index is 13.2. The van der Waals surface area contributed by atoms with Crippen LogP contribution in [-0.4, -0.2) is 37.5 Å². The van der Waals surface area contributed by atoms with Crippen LogP contribution in [0.5, 0.6) is 5.75 Å². The second-order valence-electron chi connectivity index (χ2n) is 6.12. The third kappa shape index (κ3) is 4.41. The van der Waals surface area contributed by atoms with E-state index in [0.29, 0.717) is 11.4 Å². The zero-order valence-electron chi connectivity index (χ0n) is 16.1. The Balaban J connectivity index is 1.87. The van der Waals surface area contributed by atoms with Crippen LogP contribution in [0.15, 0.2) is 63.3 Å².